The minimum absolute atomic E-state index is 0.0330. The number of amides is 1. The summed E-state index contributed by atoms with van der Waals surface area (Å²) in [5.74, 6) is 0. The monoisotopic (exact) mass is 346 g/mol. The van der Waals surface area contributed by atoms with Crippen molar-refractivity contribution in [1.29, 1.82) is 0 Å². The maximum atomic E-state index is 12.2. The van der Waals surface area contributed by atoms with Crippen LogP contribution in [0.3, 0.4) is 0 Å². The van der Waals surface area contributed by atoms with Crippen LogP contribution in [0.25, 0.3) is 0 Å². The highest BCUT2D eigenvalue weighted by Gasteiger charge is 2.33. The summed E-state index contributed by atoms with van der Waals surface area (Å²) in [6.07, 6.45) is -0.999. The van der Waals surface area contributed by atoms with E-state index in [1.807, 2.05) is 31.2 Å². The Labute approximate surface area is 141 Å². The Morgan fingerprint density at radius 1 is 1.17 bits per heavy atom. The number of rotatable bonds is 5. The van der Waals surface area contributed by atoms with Gasteiger partial charge in [0, 0.05) is 12.2 Å². The molecule has 0 spiro atoms. The molecule has 1 aliphatic heterocycles. The van der Waals surface area contributed by atoms with Crippen LogP contribution < -0.4 is 9.62 Å². The fourth-order valence-electron chi connectivity index (χ4n) is 2.52. The number of anilines is 1. The predicted octanol–water partition coefficient (Wildman–Crippen LogP) is 2.30. The number of aryl methyl sites for hydroxylation is 1. The molecule has 1 aliphatic rings. The quantitative estimate of drug-likeness (QED) is 0.901. The summed E-state index contributed by atoms with van der Waals surface area (Å²) in [5.41, 5.74) is 1.78. The van der Waals surface area contributed by atoms with Gasteiger partial charge in [0.25, 0.3) is 0 Å². The average molecular weight is 346 g/mol. The van der Waals surface area contributed by atoms with Gasteiger partial charge in [0.05, 0.1) is 11.4 Å². The zero-order chi connectivity index (χ0) is 17.2. The molecule has 1 N–H and O–H groups in total. The Balaban J connectivity index is 1.65. The summed E-state index contributed by atoms with van der Waals surface area (Å²) < 4.78 is 32.2. The minimum atomic E-state index is -3.61. The Morgan fingerprint density at radius 2 is 1.92 bits per heavy atom. The van der Waals surface area contributed by atoms with Crippen LogP contribution >= 0.6 is 0 Å². The molecule has 2 aromatic rings. The van der Waals surface area contributed by atoms with Crippen molar-refractivity contribution >= 4 is 21.8 Å². The molecule has 1 unspecified atom stereocenters. The summed E-state index contributed by atoms with van der Waals surface area (Å²) in [6, 6.07) is 15.6. The van der Waals surface area contributed by atoms with E-state index in [1.165, 1.54) is 17.0 Å². The van der Waals surface area contributed by atoms with E-state index in [1.54, 1.807) is 18.2 Å². The van der Waals surface area contributed by atoms with E-state index in [0.29, 0.717) is 6.54 Å². The zero-order valence-corrected chi connectivity index (χ0v) is 14.0. The number of sulfonamides is 1. The summed E-state index contributed by atoms with van der Waals surface area (Å²) in [7, 11) is -3.61. The van der Waals surface area contributed by atoms with Crippen molar-refractivity contribution in [1.82, 2.24) is 4.72 Å². The first-order valence-electron chi connectivity index (χ1n) is 7.55. The lowest BCUT2D eigenvalue weighted by Crippen LogP contribution is -2.34. The smallest absolute Gasteiger partial charge is 0.414 e. The molecule has 3 rings (SSSR count). The number of benzene rings is 2. The fourth-order valence-corrected chi connectivity index (χ4v) is 3.61. The lowest BCUT2D eigenvalue weighted by Gasteiger charge is -2.13. The molecule has 0 radical (unpaired) electrons. The van der Waals surface area contributed by atoms with E-state index in [2.05, 4.69) is 4.72 Å². The molecule has 1 amide bonds. The van der Waals surface area contributed by atoms with Gasteiger partial charge in [0.2, 0.25) is 10.0 Å². The Hall–Kier alpha value is -2.38. The molecule has 126 valence electrons. The number of nitrogens with one attached hydrogen (secondary N) is 1. The van der Waals surface area contributed by atoms with Gasteiger partial charge in [-0.3, -0.25) is 4.90 Å². The molecule has 1 saturated heterocycles. The number of ether oxygens (including phenoxy) is 1. The van der Waals surface area contributed by atoms with E-state index in [9.17, 15) is 13.2 Å². The highest BCUT2D eigenvalue weighted by molar-refractivity contribution is 7.89. The summed E-state index contributed by atoms with van der Waals surface area (Å²) >= 11 is 0. The molecule has 0 aliphatic carbocycles. The first-order chi connectivity index (χ1) is 11.5. The number of hydrogen-bond donors (Lipinski definition) is 1. The highest BCUT2D eigenvalue weighted by atomic mass is 32.2. The third-order valence-corrected chi connectivity index (χ3v) is 5.18. The normalized spacial score (nSPS) is 17.8. The van der Waals surface area contributed by atoms with E-state index in [-0.39, 0.29) is 11.4 Å². The Kier molecular flexibility index (Phi) is 4.55. The molecule has 1 heterocycles. The van der Waals surface area contributed by atoms with Crippen molar-refractivity contribution < 1.29 is 17.9 Å². The number of carbonyl (C=O) groups is 1. The molecule has 0 bridgehead atoms. The molecule has 24 heavy (non-hydrogen) atoms. The second kappa shape index (κ2) is 6.62. The van der Waals surface area contributed by atoms with Crippen molar-refractivity contribution in [3.05, 3.63) is 60.2 Å². The maximum absolute atomic E-state index is 12.2. The predicted molar refractivity (Wildman–Crippen MR) is 90.4 cm³/mol. The maximum Gasteiger partial charge on any atom is 0.414 e. The van der Waals surface area contributed by atoms with Gasteiger partial charge in [-0.15, -0.1) is 0 Å². The molecule has 0 aromatic heterocycles. The van der Waals surface area contributed by atoms with E-state index >= 15 is 0 Å². The highest BCUT2D eigenvalue weighted by Crippen LogP contribution is 2.22. The van der Waals surface area contributed by atoms with Gasteiger partial charge >= 0.3 is 6.09 Å². The topological polar surface area (TPSA) is 75.7 Å². The number of nitrogens with zero attached hydrogens (tertiary/aromatic N) is 1. The molecular weight excluding hydrogens is 328 g/mol. The molecule has 7 heteroatoms. The van der Waals surface area contributed by atoms with Gasteiger partial charge < -0.3 is 4.74 Å². The van der Waals surface area contributed by atoms with Crippen molar-refractivity contribution in [3.63, 3.8) is 0 Å². The van der Waals surface area contributed by atoms with Gasteiger partial charge in [-0.2, -0.15) is 0 Å². The molecule has 1 atom stereocenters. The van der Waals surface area contributed by atoms with Crippen LogP contribution in [-0.4, -0.2) is 33.7 Å². The number of carbonyl (C=O) groups excluding carboxylic acids is 1. The standard InChI is InChI=1S/C17H18N2O4S/c1-13-6-5-7-14(10-13)19-12-15(23-17(19)20)11-18-24(21,22)16-8-3-2-4-9-16/h2-10,15,18H,11-12H2,1H3. The van der Waals surface area contributed by atoms with Crippen LogP contribution in [-0.2, 0) is 14.8 Å². The SMILES string of the molecule is Cc1cccc(N2CC(CNS(=O)(=O)c3ccccc3)OC2=O)c1. The van der Waals surface area contributed by atoms with Gasteiger partial charge in [-0.05, 0) is 36.8 Å². The lowest BCUT2D eigenvalue weighted by atomic mass is 10.2. The molecule has 1 fully saturated rings. The average Bonchev–Trinajstić information content (AvgIpc) is 2.95. The second-order valence-corrected chi connectivity index (χ2v) is 7.39. The van der Waals surface area contributed by atoms with Crippen molar-refractivity contribution in [3.8, 4) is 0 Å². The largest absolute Gasteiger partial charge is 0.443 e. The van der Waals surface area contributed by atoms with Crippen molar-refractivity contribution in [2.75, 3.05) is 18.0 Å². The van der Waals surface area contributed by atoms with Gasteiger partial charge in [0.1, 0.15) is 6.10 Å². The van der Waals surface area contributed by atoms with Gasteiger partial charge in [-0.25, -0.2) is 17.9 Å². The summed E-state index contributed by atoms with van der Waals surface area (Å²) in [4.78, 5) is 13.7. The fraction of sp³-hybridized carbons (Fsp3) is 0.235. The molecule has 0 saturated carbocycles. The van der Waals surface area contributed by atoms with Crippen molar-refractivity contribution in [2.45, 2.75) is 17.9 Å². The van der Waals surface area contributed by atoms with Gasteiger partial charge in [-0.1, -0.05) is 30.3 Å². The first kappa shape index (κ1) is 16.5. The van der Waals surface area contributed by atoms with Crippen LogP contribution in [0.5, 0.6) is 0 Å². The van der Waals surface area contributed by atoms with E-state index in [4.69, 9.17) is 4.74 Å². The van der Waals surface area contributed by atoms with Crippen molar-refractivity contribution in [2.24, 2.45) is 0 Å². The summed E-state index contributed by atoms with van der Waals surface area (Å²) in [6.45, 7) is 2.28. The third-order valence-electron chi connectivity index (χ3n) is 3.74. The van der Waals surface area contributed by atoms with Crippen LogP contribution in [0.4, 0.5) is 10.5 Å². The third kappa shape index (κ3) is 3.58. The van der Waals surface area contributed by atoms with E-state index in [0.717, 1.165) is 11.3 Å². The molecular formula is C17H18N2O4S. The van der Waals surface area contributed by atoms with Crippen LogP contribution in [0.1, 0.15) is 5.56 Å². The van der Waals surface area contributed by atoms with Gasteiger partial charge in [0.15, 0.2) is 0 Å². The second-order valence-electron chi connectivity index (χ2n) is 5.62. The minimum Gasteiger partial charge on any atom is -0.443 e. The Morgan fingerprint density at radius 3 is 2.62 bits per heavy atom. The lowest BCUT2D eigenvalue weighted by molar-refractivity contribution is 0.143. The first-order valence-corrected chi connectivity index (χ1v) is 9.03. The molecule has 2 aromatic carbocycles. The van der Waals surface area contributed by atoms with Crippen LogP contribution in [0.15, 0.2) is 59.5 Å². The summed E-state index contributed by atoms with van der Waals surface area (Å²) in [5, 5.41) is 0. The van der Waals surface area contributed by atoms with Crippen LogP contribution in [0, 0.1) is 6.92 Å². The van der Waals surface area contributed by atoms with Crippen LogP contribution in [0.2, 0.25) is 0 Å². The zero-order valence-electron chi connectivity index (χ0n) is 13.2. The van der Waals surface area contributed by atoms with E-state index < -0.39 is 22.2 Å². The Bertz CT molecular complexity index is 837. The number of cyclic esters (lactones) is 1. The molecule has 6 nitrogen and oxygen atoms in total. The number of hydrogen-bond acceptors (Lipinski definition) is 4.